The molecule has 5 nitrogen and oxygen atoms in total. The molecule has 2 heterocycles. The highest BCUT2D eigenvalue weighted by atomic mass is 16.3. The van der Waals surface area contributed by atoms with Gasteiger partial charge in [0.1, 0.15) is 0 Å². The van der Waals surface area contributed by atoms with E-state index >= 15 is 0 Å². The van der Waals surface area contributed by atoms with Crippen LogP contribution in [0.25, 0.3) is 0 Å². The quantitative estimate of drug-likeness (QED) is 0.504. The second-order valence-electron chi connectivity index (χ2n) is 6.43. The number of nitrogens with one attached hydrogen (secondary N) is 1. The van der Waals surface area contributed by atoms with Gasteiger partial charge in [0.25, 0.3) is 0 Å². The number of rotatable bonds is 4. The highest BCUT2D eigenvalue weighted by Crippen LogP contribution is 2.19. The fourth-order valence-corrected chi connectivity index (χ4v) is 3.21. The van der Waals surface area contributed by atoms with Crippen molar-refractivity contribution in [3.8, 4) is 0 Å². The first kappa shape index (κ1) is 16.8. The average Bonchev–Trinajstić information content (AvgIpc) is 3.14. The maximum atomic E-state index is 9.68. The maximum absolute atomic E-state index is 9.68. The minimum atomic E-state index is -0.158. The molecule has 0 saturated carbocycles. The van der Waals surface area contributed by atoms with E-state index in [0.29, 0.717) is 6.54 Å². The summed E-state index contributed by atoms with van der Waals surface area (Å²) >= 11 is 0. The molecule has 1 aromatic rings. The molecule has 130 valence electrons. The summed E-state index contributed by atoms with van der Waals surface area (Å²) in [5, 5.41) is 13.1. The van der Waals surface area contributed by atoms with Crippen LogP contribution >= 0.6 is 0 Å². The van der Waals surface area contributed by atoms with Gasteiger partial charge in [0, 0.05) is 38.4 Å². The van der Waals surface area contributed by atoms with Gasteiger partial charge in [-0.15, -0.1) is 0 Å². The molecule has 0 radical (unpaired) electrons. The first-order valence-corrected chi connectivity index (χ1v) is 8.96. The number of anilines is 1. The van der Waals surface area contributed by atoms with Crippen LogP contribution in [0.5, 0.6) is 0 Å². The predicted molar refractivity (Wildman–Crippen MR) is 99.4 cm³/mol. The van der Waals surface area contributed by atoms with E-state index in [1.54, 1.807) is 0 Å². The van der Waals surface area contributed by atoms with Crippen LogP contribution < -0.4 is 10.2 Å². The van der Waals surface area contributed by atoms with Gasteiger partial charge in [-0.25, -0.2) is 4.99 Å². The monoisotopic (exact) mass is 328 g/mol. The van der Waals surface area contributed by atoms with E-state index in [2.05, 4.69) is 58.5 Å². The zero-order valence-electron chi connectivity index (χ0n) is 14.5. The molecule has 3 rings (SSSR count). The molecule has 0 unspecified atom stereocenters. The molecule has 0 atom stereocenters. The summed E-state index contributed by atoms with van der Waals surface area (Å²) in [6.07, 6.45) is 5.90. The topological polar surface area (TPSA) is 51.1 Å². The Hall–Kier alpha value is -2.01. The Balaban J connectivity index is 1.66. The van der Waals surface area contributed by atoms with E-state index in [9.17, 15) is 5.11 Å². The summed E-state index contributed by atoms with van der Waals surface area (Å²) < 4.78 is 0. The standard InChI is InChI=1S/C19H28N4O/c1-2-20-19(23-12-8-18(24)9-13-23)21-15-16-6-5-7-17(14-16)22-10-3-4-11-22/h3-7,14,18,24H,2,8-13,15H2,1H3,(H,20,21). The Kier molecular flexibility index (Phi) is 5.75. The molecular weight excluding hydrogens is 300 g/mol. The molecule has 0 bridgehead atoms. The highest BCUT2D eigenvalue weighted by Gasteiger charge is 2.19. The molecule has 0 aliphatic carbocycles. The van der Waals surface area contributed by atoms with Gasteiger partial charge in [-0.2, -0.15) is 0 Å². The van der Waals surface area contributed by atoms with Gasteiger partial charge >= 0.3 is 0 Å². The lowest BCUT2D eigenvalue weighted by Crippen LogP contribution is -2.46. The maximum Gasteiger partial charge on any atom is 0.194 e. The minimum Gasteiger partial charge on any atom is -0.393 e. The van der Waals surface area contributed by atoms with E-state index in [1.165, 1.54) is 11.3 Å². The molecule has 2 aliphatic heterocycles. The summed E-state index contributed by atoms with van der Waals surface area (Å²) in [5.41, 5.74) is 2.49. The number of aliphatic hydroxyl groups is 1. The van der Waals surface area contributed by atoms with Crippen molar-refractivity contribution in [2.45, 2.75) is 32.4 Å². The van der Waals surface area contributed by atoms with Crippen molar-refractivity contribution in [3.63, 3.8) is 0 Å². The van der Waals surface area contributed by atoms with Crippen molar-refractivity contribution in [1.82, 2.24) is 10.2 Å². The second kappa shape index (κ2) is 8.20. The van der Waals surface area contributed by atoms with Gasteiger partial charge in [-0.1, -0.05) is 24.3 Å². The summed E-state index contributed by atoms with van der Waals surface area (Å²) in [5.74, 6) is 0.956. The molecule has 2 aliphatic rings. The van der Waals surface area contributed by atoms with E-state index in [4.69, 9.17) is 4.99 Å². The summed E-state index contributed by atoms with van der Waals surface area (Å²) in [4.78, 5) is 9.42. The summed E-state index contributed by atoms with van der Waals surface area (Å²) in [7, 11) is 0. The van der Waals surface area contributed by atoms with Crippen molar-refractivity contribution in [1.29, 1.82) is 0 Å². The van der Waals surface area contributed by atoms with E-state index in [1.807, 2.05) is 0 Å². The largest absolute Gasteiger partial charge is 0.393 e. The van der Waals surface area contributed by atoms with Gasteiger partial charge in [-0.3, -0.25) is 0 Å². The smallest absolute Gasteiger partial charge is 0.194 e. The second-order valence-corrected chi connectivity index (χ2v) is 6.43. The van der Waals surface area contributed by atoms with Crippen molar-refractivity contribution >= 4 is 11.6 Å². The van der Waals surface area contributed by atoms with Gasteiger partial charge < -0.3 is 20.2 Å². The Morgan fingerprint density at radius 2 is 2.00 bits per heavy atom. The number of aliphatic hydroxyl groups excluding tert-OH is 1. The molecular formula is C19H28N4O. The third kappa shape index (κ3) is 4.29. The molecule has 5 heteroatoms. The Morgan fingerprint density at radius 3 is 2.71 bits per heavy atom. The SMILES string of the molecule is CCNC(=NCc1cccc(N2CC=CC2)c1)N1CCC(O)CC1. The number of benzene rings is 1. The molecule has 1 saturated heterocycles. The van der Waals surface area contributed by atoms with E-state index < -0.39 is 0 Å². The molecule has 0 amide bonds. The third-order valence-corrected chi connectivity index (χ3v) is 4.60. The zero-order valence-corrected chi connectivity index (χ0v) is 14.5. The average molecular weight is 328 g/mol. The molecule has 24 heavy (non-hydrogen) atoms. The molecule has 1 fully saturated rings. The lowest BCUT2D eigenvalue weighted by Gasteiger charge is -2.32. The van der Waals surface area contributed by atoms with Crippen LogP contribution in [-0.2, 0) is 6.54 Å². The van der Waals surface area contributed by atoms with Crippen LogP contribution in [0.4, 0.5) is 5.69 Å². The zero-order chi connectivity index (χ0) is 16.8. The number of guanidine groups is 1. The normalized spacial score (nSPS) is 19.2. The first-order valence-electron chi connectivity index (χ1n) is 8.96. The lowest BCUT2D eigenvalue weighted by molar-refractivity contribution is 0.108. The Morgan fingerprint density at radius 1 is 1.25 bits per heavy atom. The van der Waals surface area contributed by atoms with Crippen LogP contribution in [0.3, 0.4) is 0 Å². The van der Waals surface area contributed by atoms with Crippen LogP contribution in [0, 0.1) is 0 Å². The van der Waals surface area contributed by atoms with Gasteiger partial charge in [0.15, 0.2) is 5.96 Å². The number of piperidine rings is 1. The number of nitrogens with zero attached hydrogens (tertiary/aromatic N) is 3. The van der Waals surface area contributed by atoms with Crippen LogP contribution in [0.1, 0.15) is 25.3 Å². The predicted octanol–water partition coefficient (Wildman–Crippen LogP) is 1.99. The Labute approximate surface area is 144 Å². The van der Waals surface area contributed by atoms with Gasteiger partial charge in [0.05, 0.1) is 12.6 Å². The summed E-state index contributed by atoms with van der Waals surface area (Å²) in [6.45, 7) is 7.35. The fourth-order valence-electron chi connectivity index (χ4n) is 3.21. The van der Waals surface area contributed by atoms with Gasteiger partial charge in [-0.05, 0) is 37.5 Å². The van der Waals surface area contributed by atoms with Crippen molar-refractivity contribution in [2.24, 2.45) is 4.99 Å². The van der Waals surface area contributed by atoms with E-state index in [-0.39, 0.29) is 6.10 Å². The van der Waals surface area contributed by atoms with Gasteiger partial charge in [0.2, 0.25) is 0 Å². The van der Waals surface area contributed by atoms with Crippen molar-refractivity contribution < 1.29 is 5.11 Å². The van der Waals surface area contributed by atoms with Crippen LogP contribution in [0.15, 0.2) is 41.4 Å². The van der Waals surface area contributed by atoms with Crippen LogP contribution in [-0.4, -0.2) is 54.8 Å². The molecule has 0 aromatic heterocycles. The number of aliphatic imine (C=N–C) groups is 1. The van der Waals surface area contributed by atoms with E-state index in [0.717, 1.165) is 51.5 Å². The fraction of sp³-hybridized carbons (Fsp3) is 0.526. The molecule has 1 aromatic carbocycles. The van der Waals surface area contributed by atoms with Crippen molar-refractivity contribution in [3.05, 3.63) is 42.0 Å². The lowest BCUT2D eigenvalue weighted by atomic mass is 10.1. The molecule has 2 N–H and O–H groups in total. The number of likely N-dealkylation sites (tertiary alicyclic amines) is 1. The number of hydrogen-bond donors (Lipinski definition) is 2. The van der Waals surface area contributed by atoms with Crippen molar-refractivity contribution in [2.75, 3.05) is 37.6 Å². The molecule has 0 spiro atoms. The third-order valence-electron chi connectivity index (χ3n) is 4.60. The highest BCUT2D eigenvalue weighted by molar-refractivity contribution is 5.80. The Bertz CT molecular complexity index is 583. The minimum absolute atomic E-state index is 0.158. The number of hydrogen-bond acceptors (Lipinski definition) is 3. The first-order chi connectivity index (χ1) is 11.8. The summed E-state index contributed by atoms with van der Waals surface area (Å²) in [6, 6.07) is 8.65. The van der Waals surface area contributed by atoms with Crippen LogP contribution in [0.2, 0.25) is 0 Å².